The van der Waals surface area contributed by atoms with E-state index >= 15 is 0 Å². The van der Waals surface area contributed by atoms with Gasteiger partial charge in [-0.15, -0.1) is 0 Å². The molecule has 16 heteroatoms. The zero-order valence-electron chi connectivity index (χ0n) is 20.0. The van der Waals surface area contributed by atoms with Crippen molar-refractivity contribution in [3.63, 3.8) is 0 Å². The summed E-state index contributed by atoms with van der Waals surface area (Å²) in [7, 11) is 0. The number of benzene rings is 2. The van der Waals surface area contributed by atoms with Gasteiger partial charge in [0.1, 0.15) is 17.6 Å². The standard InChI is InChI=1S/C24H18ClF11N2O2/c1-11(37-20(39)6-7-22(28,29)30)38-21(40)14-4-2-13(8-16(14)24(34,35)36)18(26)10-15(23(31,32)33)12-3-5-17(25)19(27)9-12/h2-5,8-11,15H,6-7H2,1H3,(H,37,39)(H,38,40)/b18-10-/t11-,15?/m1/s1. The average molecular weight is 611 g/mol. The highest BCUT2D eigenvalue weighted by molar-refractivity contribution is 6.30. The second-order valence-electron chi connectivity index (χ2n) is 8.34. The number of halogens is 12. The lowest BCUT2D eigenvalue weighted by Crippen LogP contribution is -2.46. The molecule has 0 aliphatic heterocycles. The van der Waals surface area contributed by atoms with Crippen molar-refractivity contribution in [1.82, 2.24) is 10.6 Å². The van der Waals surface area contributed by atoms with E-state index in [0.29, 0.717) is 18.2 Å². The second kappa shape index (κ2) is 12.4. The molecule has 2 N–H and O–H groups in total. The van der Waals surface area contributed by atoms with Gasteiger partial charge in [0.15, 0.2) is 0 Å². The SMILES string of the molecule is C[C@H](NC(=O)CCC(F)(F)F)NC(=O)c1ccc(/C(F)=C/C(c2ccc(Cl)c(F)c2)C(F)(F)F)cc1C(F)(F)F. The maximum Gasteiger partial charge on any atom is 0.417 e. The highest BCUT2D eigenvalue weighted by Crippen LogP contribution is 2.40. The third-order valence-electron chi connectivity index (χ3n) is 5.17. The molecule has 0 heterocycles. The summed E-state index contributed by atoms with van der Waals surface area (Å²) in [6.45, 7) is 1.05. The topological polar surface area (TPSA) is 58.2 Å². The largest absolute Gasteiger partial charge is 0.417 e. The molecule has 2 rings (SSSR count). The fraction of sp³-hybridized carbons (Fsp3) is 0.333. The van der Waals surface area contributed by atoms with Gasteiger partial charge in [-0.2, -0.15) is 39.5 Å². The molecular weight excluding hydrogens is 593 g/mol. The number of carbonyl (C=O) groups is 2. The van der Waals surface area contributed by atoms with Crippen LogP contribution in [-0.4, -0.2) is 30.3 Å². The predicted octanol–water partition coefficient (Wildman–Crippen LogP) is 7.69. The summed E-state index contributed by atoms with van der Waals surface area (Å²) in [6.07, 6.45) is -19.2. The minimum absolute atomic E-state index is 0.0726. The molecule has 1 unspecified atom stereocenters. The molecule has 0 bridgehead atoms. The lowest BCUT2D eigenvalue weighted by Gasteiger charge is -2.19. The van der Waals surface area contributed by atoms with E-state index in [2.05, 4.69) is 0 Å². The lowest BCUT2D eigenvalue weighted by molar-refractivity contribution is -0.144. The van der Waals surface area contributed by atoms with Crippen molar-refractivity contribution in [2.24, 2.45) is 0 Å². The monoisotopic (exact) mass is 610 g/mol. The Kier molecular flexibility index (Phi) is 10.2. The number of rotatable bonds is 8. The quantitative estimate of drug-likeness (QED) is 0.238. The molecule has 2 aromatic carbocycles. The smallest absolute Gasteiger partial charge is 0.336 e. The normalized spacial score (nSPS) is 14.5. The molecule has 0 aliphatic rings. The van der Waals surface area contributed by atoms with E-state index in [1.165, 1.54) is 0 Å². The van der Waals surface area contributed by atoms with Crippen LogP contribution in [0, 0.1) is 5.82 Å². The van der Waals surface area contributed by atoms with Crippen molar-refractivity contribution in [3.05, 3.63) is 75.6 Å². The van der Waals surface area contributed by atoms with Gasteiger partial charge in [-0.3, -0.25) is 9.59 Å². The van der Waals surface area contributed by atoms with E-state index in [9.17, 15) is 57.9 Å². The number of amides is 2. The van der Waals surface area contributed by atoms with Crippen LogP contribution < -0.4 is 10.6 Å². The van der Waals surface area contributed by atoms with Gasteiger partial charge < -0.3 is 10.6 Å². The van der Waals surface area contributed by atoms with E-state index in [-0.39, 0.29) is 12.1 Å². The van der Waals surface area contributed by atoms with Crippen LogP contribution in [0.15, 0.2) is 42.5 Å². The molecule has 0 aliphatic carbocycles. The third-order valence-corrected chi connectivity index (χ3v) is 5.48. The molecular formula is C24H18ClF11N2O2. The molecule has 2 aromatic rings. The second-order valence-corrected chi connectivity index (χ2v) is 8.75. The molecule has 0 saturated heterocycles. The van der Waals surface area contributed by atoms with Gasteiger partial charge in [0.05, 0.1) is 28.7 Å². The van der Waals surface area contributed by atoms with Crippen LogP contribution in [0.2, 0.25) is 5.02 Å². The summed E-state index contributed by atoms with van der Waals surface area (Å²) in [4.78, 5) is 24.0. The first-order valence-electron chi connectivity index (χ1n) is 11.0. The minimum atomic E-state index is -5.31. The van der Waals surface area contributed by atoms with Crippen LogP contribution in [0.5, 0.6) is 0 Å². The van der Waals surface area contributed by atoms with Gasteiger partial charge in [-0.05, 0) is 42.8 Å². The Morgan fingerprint density at radius 1 is 0.950 bits per heavy atom. The highest BCUT2D eigenvalue weighted by atomic mass is 35.5. The van der Waals surface area contributed by atoms with Crippen molar-refractivity contribution in [2.45, 2.75) is 50.4 Å². The van der Waals surface area contributed by atoms with Gasteiger partial charge in [0.25, 0.3) is 5.91 Å². The molecule has 0 spiro atoms. The summed E-state index contributed by atoms with van der Waals surface area (Å²) in [5.74, 6) is -8.44. The molecule has 0 saturated carbocycles. The van der Waals surface area contributed by atoms with Gasteiger partial charge in [0.2, 0.25) is 5.91 Å². The van der Waals surface area contributed by atoms with Crippen molar-refractivity contribution in [3.8, 4) is 0 Å². The van der Waals surface area contributed by atoms with Gasteiger partial charge in [-0.25, -0.2) is 8.78 Å². The fourth-order valence-electron chi connectivity index (χ4n) is 3.33. The van der Waals surface area contributed by atoms with Crippen LogP contribution >= 0.6 is 11.6 Å². The third kappa shape index (κ3) is 9.38. The van der Waals surface area contributed by atoms with Crippen LogP contribution in [0.1, 0.15) is 52.7 Å². The Hall–Kier alpha value is -3.36. The molecule has 0 radical (unpaired) electrons. The van der Waals surface area contributed by atoms with Crippen LogP contribution in [0.25, 0.3) is 5.83 Å². The molecule has 2 atom stereocenters. The number of hydrogen-bond donors (Lipinski definition) is 2. The van der Waals surface area contributed by atoms with Gasteiger partial charge in [-0.1, -0.05) is 23.7 Å². The van der Waals surface area contributed by atoms with Gasteiger partial charge >= 0.3 is 18.5 Å². The Morgan fingerprint density at radius 2 is 1.57 bits per heavy atom. The van der Waals surface area contributed by atoms with Crippen LogP contribution in [0.4, 0.5) is 48.3 Å². The lowest BCUT2D eigenvalue weighted by atomic mass is 9.95. The van der Waals surface area contributed by atoms with Crippen LogP contribution in [0.3, 0.4) is 0 Å². The van der Waals surface area contributed by atoms with Crippen molar-refractivity contribution >= 4 is 29.2 Å². The Labute approximate surface area is 224 Å². The summed E-state index contributed by atoms with van der Waals surface area (Å²) < 4.78 is 147. The number of carbonyl (C=O) groups excluding carboxylic acids is 2. The number of alkyl halides is 9. The minimum Gasteiger partial charge on any atom is -0.336 e. The highest BCUT2D eigenvalue weighted by Gasteiger charge is 2.41. The molecule has 40 heavy (non-hydrogen) atoms. The Morgan fingerprint density at radius 3 is 2.10 bits per heavy atom. The number of allylic oxidation sites excluding steroid dienone is 1. The summed E-state index contributed by atoms with van der Waals surface area (Å²) in [6, 6.07) is 3.05. The molecule has 2 amide bonds. The van der Waals surface area contributed by atoms with E-state index in [0.717, 1.165) is 19.1 Å². The molecule has 0 fully saturated rings. The van der Waals surface area contributed by atoms with Crippen molar-refractivity contribution in [1.29, 1.82) is 0 Å². The van der Waals surface area contributed by atoms with Crippen LogP contribution in [-0.2, 0) is 11.0 Å². The first-order valence-corrected chi connectivity index (χ1v) is 11.3. The number of nitrogens with one attached hydrogen (secondary N) is 2. The maximum absolute atomic E-state index is 14.8. The molecule has 220 valence electrons. The maximum atomic E-state index is 14.8. The Balaban J connectivity index is 2.36. The van der Waals surface area contributed by atoms with Crippen molar-refractivity contribution in [2.75, 3.05) is 0 Å². The van der Waals surface area contributed by atoms with E-state index < -0.39 is 94.2 Å². The van der Waals surface area contributed by atoms with E-state index in [4.69, 9.17) is 11.6 Å². The summed E-state index contributed by atoms with van der Waals surface area (Å²) >= 11 is 5.44. The average Bonchev–Trinajstić information content (AvgIpc) is 2.80. The first kappa shape index (κ1) is 32.8. The van der Waals surface area contributed by atoms with E-state index in [1.54, 1.807) is 0 Å². The summed E-state index contributed by atoms with van der Waals surface area (Å²) in [5.41, 5.74) is -4.67. The molecule has 4 nitrogen and oxygen atoms in total. The Bertz CT molecular complexity index is 1270. The zero-order valence-corrected chi connectivity index (χ0v) is 20.7. The summed E-state index contributed by atoms with van der Waals surface area (Å²) in [5, 5.41) is 3.33. The first-order chi connectivity index (χ1) is 18.2. The molecule has 0 aromatic heterocycles. The van der Waals surface area contributed by atoms with Gasteiger partial charge in [0, 0.05) is 12.0 Å². The predicted molar refractivity (Wildman–Crippen MR) is 121 cm³/mol. The van der Waals surface area contributed by atoms with Crippen molar-refractivity contribution < 1.29 is 57.9 Å². The number of hydrogen-bond acceptors (Lipinski definition) is 2. The zero-order chi connectivity index (χ0) is 30.6. The fourth-order valence-corrected chi connectivity index (χ4v) is 3.45. The van der Waals surface area contributed by atoms with E-state index in [1.807, 2.05) is 10.6 Å².